The maximum absolute atomic E-state index is 12.1. The van der Waals surface area contributed by atoms with Crippen molar-refractivity contribution in [2.45, 2.75) is 19.9 Å². The van der Waals surface area contributed by atoms with Crippen molar-refractivity contribution >= 4 is 15.9 Å². The number of ether oxygens (including phenoxy) is 1. The van der Waals surface area contributed by atoms with Crippen LogP contribution in [0.15, 0.2) is 24.3 Å². The number of amides is 2. The fraction of sp³-hybridized carbons (Fsp3) is 0.562. The van der Waals surface area contributed by atoms with Gasteiger partial charge in [-0.25, -0.2) is 13.2 Å². The molecule has 0 bridgehead atoms. The lowest BCUT2D eigenvalue weighted by atomic mass is 10.1. The predicted octanol–water partition coefficient (Wildman–Crippen LogP) is 1.66. The van der Waals surface area contributed by atoms with Crippen LogP contribution in [0, 0.1) is 5.92 Å². The minimum atomic E-state index is -2.90. The zero-order chi connectivity index (χ0) is 16.9. The highest BCUT2D eigenvalue weighted by atomic mass is 32.2. The average molecular weight is 340 g/mol. The number of urea groups is 1. The van der Waals surface area contributed by atoms with Crippen LogP contribution in [-0.4, -0.2) is 51.1 Å². The monoisotopic (exact) mass is 340 g/mol. The molecule has 0 aliphatic carbocycles. The van der Waals surface area contributed by atoms with E-state index in [2.05, 4.69) is 5.32 Å². The molecule has 1 aromatic rings. The molecule has 1 aliphatic rings. The number of rotatable bonds is 6. The second-order valence-electron chi connectivity index (χ2n) is 5.89. The topological polar surface area (TPSA) is 75.7 Å². The van der Waals surface area contributed by atoms with Crippen molar-refractivity contribution < 1.29 is 17.9 Å². The Balaban J connectivity index is 1.78. The Hall–Kier alpha value is -1.76. The van der Waals surface area contributed by atoms with Gasteiger partial charge in [-0.2, -0.15) is 0 Å². The molecule has 0 saturated carbocycles. The van der Waals surface area contributed by atoms with Gasteiger partial charge >= 0.3 is 6.03 Å². The molecule has 0 radical (unpaired) electrons. The van der Waals surface area contributed by atoms with Crippen LogP contribution in [0.25, 0.3) is 0 Å². The van der Waals surface area contributed by atoms with E-state index in [1.165, 1.54) is 0 Å². The van der Waals surface area contributed by atoms with Gasteiger partial charge in [-0.05, 0) is 37.0 Å². The van der Waals surface area contributed by atoms with Gasteiger partial charge in [-0.3, -0.25) is 0 Å². The quantitative estimate of drug-likeness (QED) is 0.854. The summed E-state index contributed by atoms with van der Waals surface area (Å²) in [6.07, 6.45) is 0.630. The van der Waals surface area contributed by atoms with E-state index in [9.17, 15) is 13.2 Å². The van der Waals surface area contributed by atoms with E-state index in [1.54, 1.807) is 11.9 Å². The zero-order valence-corrected chi connectivity index (χ0v) is 14.4. The first kappa shape index (κ1) is 17.6. The molecular weight excluding hydrogens is 316 g/mol. The summed E-state index contributed by atoms with van der Waals surface area (Å²) in [5, 5.41) is 2.81. The number of carbonyl (C=O) groups excluding carboxylic acids is 1. The van der Waals surface area contributed by atoms with Crippen LogP contribution in [0.2, 0.25) is 0 Å². The molecule has 0 unspecified atom stereocenters. The number of nitrogens with zero attached hydrogens (tertiary/aromatic N) is 1. The largest absolute Gasteiger partial charge is 0.494 e. The number of benzene rings is 1. The molecule has 128 valence electrons. The lowest BCUT2D eigenvalue weighted by Gasteiger charge is -2.19. The van der Waals surface area contributed by atoms with Gasteiger partial charge in [0, 0.05) is 20.1 Å². The zero-order valence-electron chi connectivity index (χ0n) is 13.6. The number of hydrogen-bond donors (Lipinski definition) is 1. The van der Waals surface area contributed by atoms with E-state index in [0.717, 1.165) is 11.3 Å². The van der Waals surface area contributed by atoms with Crippen molar-refractivity contribution in [3.05, 3.63) is 29.8 Å². The van der Waals surface area contributed by atoms with Crippen LogP contribution in [0.5, 0.6) is 5.75 Å². The Labute approximate surface area is 137 Å². The molecule has 6 nitrogen and oxygen atoms in total. The Morgan fingerprint density at radius 1 is 1.35 bits per heavy atom. The normalized spacial score (nSPS) is 19.3. The highest BCUT2D eigenvalue weighted by Crippen LogP contribution is 2.17. The first-order valence-corrected chi connectivity index (χ1v) is 9.63. The van der Waals surface area contributed by atoms with Gasteiger partial charge in [0.05, 0.1) is 18.1 Å². The fourth-order valence-electron chi connectivity index (χ4n) is 2.60. The first-order chi connectivity index (χ1) is 10.9. The Kier molecular flexibility index (Phi) is 5.87. The molecule has 1 fully saturated rings. The van der Waals surface area contributed by atoms with Crippen molar-refractivity contribution in [1.29, 1.82) is 0 Å². The summed E-state index contributed by atoms with van der Waals surface area (Å²) in [6.45, 7) is 3.45. The van der Waals surface area contributed by atoms with Gasteiger partial charge in [0.15, 0.2) is 9.84 Å². The fourth-order valence-corrected chi connectivity index (χ4v) is 4.46. The molecule has 0 aromatic heterocycles. The molecule has 1 atom stereocenters. The minimum Gasteiger partial charge on any atom is -0.494 e. The highest BCUT2D eigenvalue weighted by Gasteiger charge is 2.28. The summed E-state index contributed by atoms with van der Waals surface area (Å²) in [4.78, 5) is 13.7. The van der Waals surface area contributed by atoms with E-state index >= 15 is 0 Å². The molecule has 2 amide bonds. The van der Waals surface area contributed by atoms with E-state index in [-0.39, 0.29) is 23.5 Å². The van der Waals surface area contributed by atoms with E-state index in [0.29, 0.717) is 26.1 Å². The van der Waals surface area contributed by atoms with E-state index < -0.39 is 9.84 Å². The van der Waals surface area contributed by atoms with Gasteiger partial charge in [-0.1, -0.05) is 12.1 Å². The van der Waals surface area contributed by atoms with Gasteiger partial charge < -0.3 is 15.0 Å². The summed E-state index contributed by atoms with van der Waals surface area (Å²) in [6, 6.07) is 7.43. The van der Waals surface area contributed by atoms with E-state index in [1.807, 2.05) is 31.2 Å². The first-order valence-electron chi connectivity index (χ1n) is 7.80. The molecule has 0 spiro atoms. The number of carbonyl (C=O) groups is 1. The second-order valence-corrected chi connectivity index (χ2v) is 8.12. The summed E-state index contributed by atoms with van der Waals surface area (Å²) >= 11 is 0. The predicted molar refractivity (Wildman–Crippen MR) is 89.2 cm³/mol. The number of hydrogen-bond acceptors (Lipinski definition) is 4. The second kappa shape index (κ2) is 7.68. The smallest absolute Gasteiger partial charge is 0.317 e. The molecule has 1 aliphatic heterocycles. The summed E-state index contributed by atoms with van der Waals surface area (Å²) in [5.41, 5.74) is 1.01. The van der Waals surface area contributed by atoms with Crippen molar-refractivity contribution in [3.8, 4) is 5.75 Å². The molecule has 1 saturated heterocycles. The van der Waals surface area contributed by atoms with Crippen LogP contribution in [0.4, 0.5) is 4.79 Å². The molecular formula is C16H24N2O4S. The third kappa shape index (κ3) is 5.42. The summed E-state index contributed by atoms with van der Waals surface area (Å²) < 4.78 is 28.2. The van der Waals surface area contributed by atoms with Gasteiger partial charge in [0.25, 0.3) is 0 Å². The van der Waals surface area contributed by atoms with E-state index in [4.69, 9.17) is 4.74 Å². The lowest BCUT2D eigenvalue weighted by Crippen LogP contribution is -2.39. The van der Waals surface area contributed by atoms with Gasteiger partial charge in [0.2, 0.25) is 0 Å². The Morgan fingerprint density at radius 2 is 2.04 bits per heavy atom. The highest BCUT2D eigenvalue weighted by molar-refractivity contribution is 7.91. The van der Waals surface area contributed by atoms with Gasteiger partial charge in [-0.15, -0.1) is 0 Å². The molecule has 1 heterocycles. The molecule has 23 heavy (non-hydrogen) atoms. The molecule has 7 heteroatoms. The van der Waals surface area contributed by atoms with Crippen molar-refractivity contribution in [2.75, 3.05) is 31.7 Å². The Bertz CT molecular complexity index is 628. The third-order valence-electron chi connectivity index (χ3n) is 3.87. The summed E-state index contributed by atoms with van der Waals surface area (Å²) in [5.74, 6) is 1.25. The van der Waals surface area contributed by atoms with Crippen molar-refractivity contribution in [2.24, 2.45) is 5.92 Å². The van der Waals surface area contributed by atoms with Crippen LogP contribution in [0.3, 0.4) is 0 Å². The van der Waals surface area contributed by atoms with Gasteiger partial charge in [0.1, 0.15) is 5.75 Å². The van der Waals surface area contributed by atoms with Crippen LogP contribution >= 0.6 is 0 Å². The molecule has 1 N–H and O–H groups in total. The Morgan fingerprint density at radius 3 is 2.61 bits per heavy atom. The SMILES string of the molecule is CCOc1ccc(CN(C)C(=O)NC[C@@H]2CCS(=O)(=O)C2)cc1. The molecule has 1 aromatic carbocycles. The maximum Gasteiger partial charge on any atom is 0.317 e. The maximum atomic E-state index is 12.1. The van der Waals surface area contributed by atoms with Crippen LogP contribution in [0.1, 0.15) is 18.9 Å². The standard InChI is InChI=1S/C16H24N2O4S/c1-3-22-15-6-4-13(5-7-15)11-18(2)16(19)17-10-14-8-9-23(20,21)12-14/h4-7,14H,3,8-12H2,1-2H3,(H,17,19)/t14-/m0/s1. The van der Waals surface area contributed by atoms with Crippen molar-refractivity contribution in [1.82, 2.24) is 10.2 Å². The number of sulfone groups is 1. The average Bonchev–Trinajstić information content (AvgIpc) is 2.86. The van der Waals surface area contributed by atoms with Crippen molar-refractivity contribution in [3.63, 3.8) is 0 Å². The van der Waals surface area contributed by atoms with Crippen LogP contribution in [-0.2, 0) is 16.4 Å². The lowest BCUT2D eigenvalue weighted by molar-refractivity contribution is 0.205. The summed E-state index contributed by atoms with van der Waals surface area (Å²) in [7, 11) is -1.18. The number of nitrogens with one attached hydrogen (secondary N) is 1. The minimum absolute atomic E-state index is 0.0304. The molecule has 2 rings (SSSR count). The third-order valence-corrected chi connectivity index (χ3v) is 5.71. The van der Waals surface area contributed by atoms with Crippen LogP contribution < -0.4 is 10.1 Å².